The van der Waals surface area contributed by atoms with Crippen LogP contribution >= 0.6 is 0 Å². The molecule has 3 heterocycles. The number of nitrogens with zero attached hydrogens (tertiary/aromatic N) is 1. The summed E-state index contributed by atoms with van der Waals surface area (Å²) in [5.74, 6) is -2.89. The van der Waals surface area contributed by atoms with Gasteiger partial charge in [0.05, 0.1) is 24.3 Å². The number of benzene rings is 2. The molecule has 38 heavy (non-hydrogen) atoms. The van der Waals surface area contributed by atoms with E-state index in [2.05, 4.69) is 10.6 Å². The molecule has 3 aromatic rings. The summed E-state index contributed by atoms with van der Waals surface area (Å²) in [5.41, 5.74) is 3.47. The molecule has 1 atom stereocenters. The van der Waals surface area contributed by atoms with Gasteiger partial charge in [0.2, 0.25) is 0 Å². The highest BCUT2D eigenvalue weighted by Gasteiger charge is 2.44. The molecule has 2 aliphatic heterocycles. The first-order valence-electron chi connectivity index (χ1n) is 12.0. The summed E-state index contributed by atoms with van der Waals surface area (Å²) in [6.45, 7) is -0.0597. The molecule has 0 saturated heterocycles. The molecule has 10 nitrogen and oxygen atoms in total. The van der Waals surface area contributed by atoms with Gasteiger partial charge in [0.1, 0.15) is 5.76 Å². The van der Waals surface area contributed by atoms with E-state index in [4.69, 9.17) is 14.9 Å². The van der Waals surface area contributed by atoms with Crippen LogP contribution in [-0.2, 0) is 23.4 Å². The molecule has 4 N–H and O–H groups in total. The van der Waals surface area contributed by atoms with Crippen LogP contribution in [0.15, 0.2) is 28.7 Å². The smallest absolute Gasteiger partial charge is 0.313 e. The summed E-state index contributed by atoms with van der Waals surface area (Å²) in [4.78, 5) is 50.9. The first kappa shape index (κ1) is 23.9. The summed E-state index contributed by atoms with van der Waals surface area (Å²) in [6.07, 6.45) is 2.35. The molecular weight excluding hydrogens is 502 g/mol. The molecular formula is C26H22F2N4O6. The molecule has 6 rings (SSSR count). The zero-order valence-electron chi connectivity index (χ0n) is 19.9. The van der Waals surface area contributed by atoms with Gasteiger partial charge in [-0.1, -0.05) is 6.07 Å². The van der Waals surface area contributed by atoms with E-state index in [1.54, 1.807) is 6.07 Å². The van der Waals surface area contributed by atoms with Crippen LogP contribution in [-0.4, -0.2) is 42.2 Å². The lowest BCUT2D eigenvalue weighted by Crippen LogP contribution is -2.55. The van der Waals surface area contributed by atoms with Gasteiger partial charge >= 0.3 is 6.03 Å². The number of furan rings is 1. The van der Waals surface area contributed by atoms with E-state index in [-0.39, 0.29) is 46.7 Å². The molecule has 1 saturated carbocycles. The maximum atomic E-state index is 15.2. The van der Waals surface area contributed by atoms with Gasteiger partial charge in [-0.25, -0.2) is 13.6 Å². The van der Waals surface area contributed by atoms with E-state index in [1.165, 1.54) is 23.1 Å². The number of rotatable bonds is 8. The maximum absolute atomic E-state index is 15.2. The fourth-order valence-electron chi connectivity index (χ4n) is 5.02. The van der Waals surface area contributed by atoms with E-state index in [0.29, 0.717) is 29.9 Å². The second kappa shape index (κ2) is 8.54. The Morgan fingerprint density at radius 3 is 2.71 bits per heavy atom. The third-order valence-corrected chi connectivity index (χ3v) is 7.15. The van der Waals surface area contributed by atoms with Crippen molar-refractivity contribution >= 4 is 35.1 Å². The molecule has 1 fully saturated rings. The lowest BCUT2D eigenvalue weighted by Gasteiger charge is -2.30. The van der Waals surface area contributed by atoms with Gasteiger partial charge in [-0.2, -0.15) is 0 Å². The monoisotopic (exact) mass is 524 g/mol. The SMILES string of the molecule is NC(=O)N[C@@](C=O)(CN1Cc2ccc(OCC3CC3)c(F)c2C1=O)c1cc2cc3c(c(F)c2o1)C(=O)NC3. The summed E-state index contributed by atoms with van der Waals surface area (Å²) in [5, 5.41) is 5.07. The van der Waals surface area contributed by atoms with Crippen LogP contribution in [0.2, 0.25) is 0 Å². The van der Waals surface area contributed by atoms with Crippen LogP contribution in [0.25, 0.3) is 11.0 Å². The molecule has 0 bridgehead atoms. The zero-order valence-corrected chi connectivity index (χ0v) is 19.9. The zero-order chi connectivity index (χ0) is 26.8. The van der Waals surface area contributed by atoms with E-state index in [1.807, 2.05) is 0 Å². The van der Waals surface area contributed by atoms with Gasteiger partial charge in [-0.3, -0.25) is 9.59 Å². The number of urea groups is 1. The van der Waals surface area contributed by atoms with Crippen LogP contribution in [0.3, 0.4) is 0 Å². The number of hydrogen-bond acceptors (Lipinski definition) is 6. The number of halogens is 2. The first-order valence-corrected chi connectivity index (χ1v) is 12.0. The van der Waals surface area contributed by atoms with Gasteiger partial charge in [0, 0.05) is 18.5 Å². The van der Waals surface area contributed by atoms with Gasteiger partial charge < -0.3 is 35.2 Å². The molecule has 0 unspecified atom stereocenters. The van der Waals surface area contributed by atoms with Crippen molar-refractivity contribution in [2.75, 3.05) is 13.2 Å². The molecule has 12 heteroatoms. The largest absolute Gasteiger partial charge is 0.490 e. The molecule has 1 aliphatic carbocycles. The summed E-state index contributed by atoms with van der Waals surface area (Å²) >= 11 is 0. The fraction of sp³-hybridized carbons (Fsp3) is 0.308. The van der Waals surface area contributed by atoms with Crippen molar-refractivity contribution in [2.45, 2.75) is 31.5 Å². The van der Waals surface area contributed by atoms with E-state index in [0.717, 1.165) is 12.8 Å². The van der Waals surface area contributed by atoms with Gasteiger partial charge in [0.15, 0.2) is 34.8 Å². The number of aldehydes is 1. The maximum Gasteiger partial charge on any atom is 0.313 e. The molecule has 4 amide bonds. The Morgan fingerprint density at radius 2 is 2.00 bits per heavy atom. The molecule has 1 aromatic heterocycles. The Kier molecular flexibility index (Phi) is 5.37. The van der Waals surface area contributed by atoms with Crippen molar-refractivity contribution in [3.63, 3.8) is 0 Å². The standard InChI is InChI=1S/C26H22F2N4O6/c27-20-16(37-9-12-1-2-12)4-3-13-8-32(24(35)19(13)20)10-26(11-33,31-25(29)36)17-6-14-5-15-7-30-23(34)18(15)21(28)22(14)38-17/h3-6,11-12H,1-2,7-10H2,(H,30,34)(H3,29,31,36)/t26-/m1/s1. The van der Waals surface area contributed by atoms with Crippen LogP contribution in [0.1, 0.15) is 50.4 Å². The predicted octanol–water partition coefficient (Wildman–Crippen LogP) is 2.46. The first-order chi connectivity index (χ1) is 18.2. The molecule has 0 radical (unpaired) electrons. The number of primary amides is 1. The topological polar surface area (TPSA) is 144 Å². The lowest BCUT2D eigenvalue weighted by molar-refractivity contribution is -0.114. The number of carbonyl (C=O) groups is 4. The minimum atomic E-state index is -2.02. The Labute approximate surface area is 214 Å². The number of amides is 4. The quantitative estimate of drug-likeness (QED) is 0.386. The van der Waals surface area contributed by atoms with Crippen molar-refractivity contribution in [2.24, 2.45) is 11.7 Å². The summed E-state index contributed by atoms with van der Waals surface area (Å²) < 4.78 is 41.6. The Bertz CT molecular complexity index is 1550. The van der Waals surface area contributed by atoms with Gasteiger partial charge in [0.25, 0.3) is 11.8 Å². The normalized spacial score (nSPS) is 17.7. The number of ether oxygens (including phenoxy) is 1. The third kappa shape index (κ3) is 3.75. The fourth-order valence-corrected chi connectivity index (χ4v) is 5.02. The van der Waals surface area contributed by atoms with Crippen molar-refractivity contribution in [3.8, 4) is 5.75 Å². The number of nitrogens with two attached hydrogens (primary N) is 1. The number of fused-ring (bicyclic) bond motifs is 3. The van der Waals surface area contributed by atoms with Crippen molar-refractivity contribution in [1.29, 1.82) is 0 Å². The lowest BCUT2D eigenvalue weighted by atomic mass is 9.96. The second-order valence-electron chi connectivity index (χ2n) is 9.84. The van der Waals surface area contributed by atoms with E-state index in [9.17, 15) is 19.2 Å². The number of hydrogen-bond donors (Lipinski definition) is 3. The predicted molar refractivity (Wildman–Crippen MR) is 127 cm³/mol. The highest BCUT2D eigenvalue weighted by Crippen LogP contribution is 2.37. The van der Waals surface area contributed by atoms with Crippen molar-refractivity contribution < 1.29 is 37.1 Å². The van der Waals surface area contributed by atoms with Gasteiger partial charge in [-0.15, -0.1) is 0 Å². The number of nitrogens with one attached hydrogen (secondary N) is 2. The van der Waals surface area contributed by atoms with Crippen LogP contribution in [0.5, 0.6) is 5.75 Å². The highest BCUT2D eigenvalue weighted by molar-refractivity contribution is 6.02. The molecule has 2 aromatic carbocycles. The second-order valence-corrected chi connectivity index (χ2v) is 9.84. The Morgan fingerprint density at radius 1 is 1.21 bits per heavy atom. The third-order valence-electron chi connectivity index (χ3n) is 7.15. The van der Waals surface area contributed by atoms with E-state index >= 15 is 8.78 Å². The van der Waals surface area contributed by atoms with Gasteiger partial charge in [-0.05, 0) is 48.1 Å². The number of carbonyl (C=O) groups excluding carboxylic acids is 4. The minimum Gasteiger partial charge on any atom is -0.490 e. The average molecular weight is 524 g/mol. The Balaban J connectivity index is 1.35. The highest BCUT2D eigenvalue weighted by atomic mass is 19.1. The molecule has 0 spiro atoms. The van der Waals surface area contributed by atoms with Crippen molar-refractivity contribution in [1.82, 2.24) is 15.5 Å². The Hall–Kier alpha value is -4.48. The summed E-state index contributed by atoms with van der Waals surface area (Å²) in [7, 11) is 0. The minimum absolute atomic E-state index is 0.0346. The van der Waals surface area contributed by atoms with Crippen LogP contribution in [0, 0.1) is 17.6 Å². The molecule has 196 valence electrons. The average Bonchev–Trinajstić information content (AvgIpc) is 3.35. The summed E-state index contributed by atoms with van der Waals surface area (Å²) in [6, 6.07) is 4.80. The van der Waals surface area contributed by atoms with Crippen LogP contribution < -0.4 is 21.1 Å². The van der Waals surface area contributed by atoms with Crippen LogP contribution in [0.4, 0.5) is 13.6 Å². The molecule has 3 aliphatic rings. The van der Waals surface area contributed by atoms with Crippen molar-refractivity contribution in [3.05, 3.63) is 63.9 Å². The van der Waals surface area contributed by atoms with E-state index < -0.39 is 41.6 Å².